The number of nitrogens with zero attached hydrogens (tertiary/aromatic N) is 15. The highest BCUT2D eigenvalue weighted by Gasteiger charge is 2.45. The summed E-state index contributed by atoms with van der Waals surface area (Å²) in [7, 11) is 5.80. The molecule has 11 rings (SSSR count). The van der Waals surface area contributed by atoms with Crippen molar-refractivity contribution in [3.63, 3.8) is 0 Å². The van der Waals surface area contributed by atoms with Gasteiger partial charge in [-0.2, -0.15) is 25.8 Å². The van der Waals surface area contributed by atoms with Crippen molar-refractivity contribution in [3.05, 3.63) is 176 Å². The molecule has 7 heterocycles. The van der Waals surface area contributed by atoms with Gasteiger partial charge in [-0.15, -0.1) is 0 Å². The van der Waals surface area contributed by atoms with Crippen LogP contribution >= 0.6 is 34.0 Å². The van der Waals surface area contributed by atoms with Crippen LogP contribution in [0.2, 0.25) is 0 Å². The first-order valence-electron chi connectivity index (χ1n) is 49.9. The van der Waals surface area contributed by atoms with E-state index in [1.807, 2.05) is 61.3 Å². The largest absolute Gasteiger partial charge is 0.496 e. The Morgan fingerprint density at radius 1 is 0.468 bits per heavy atom. The van der Waals surface area contributed by atoms with Crippen LogP contribution in [-0.4, -0.2) is 183 Å². The Morgan fingerprint density at radius 3 is 1.18 bits per heavy atom. The van der Waals surface area contributed by atoms with E-state index in [1.54, 1.807) is 110 Å². The van der Waals surface area contributed by atoms with Crippen LogP contribution in [0.1, 0.15) is 283 Å². The SMILES string of the molecule is CCCCC(CC)CN(CC(CC)CCCC)c1nc(-c2c(C)cc(C)cc2C)c(/C=C2\C(=O)N(N3CCCCC3)C(=O)C(C#N)=C2C)s1.CCCCN(CCCC)c1nc(-c2c(CO)cc(C)cc2OC)c(/C=C2\C(=O)N(N(C)C(=O)C(C)(C)C)C(=O)C(C#N)=C2C)s1.CCCCN(CCCC)c1nc(-c2c(CO)cc(C)cc2OC)c(/C=C2\C(=O)N(N(C)C(=O)c3ccccc3)C(=O)C(C#N)=C2C)s1. The topological polar surface area (TPSA) is 335 Å². The molecule has 0 bridgehead atoms. The van der Waals surface area contributed by atoms with Gasteiger partial charge in [-0.1, -0.05) is 229 Å². The lowest BCUT2D eigenvalue weighted by Crippen LogP contribution is -2.56. The molecule has 7 aromatic rings. The Balaban J connectivity index is 0.000000236. The number of benzene rings is 4. The fourth-order valence-electron chi connectivity index (χ4n) is 18.1. The zero-order chi connectivity index (χ0) is 104. The maximum absolute atomic E-state index is 14.3. The molecule has 141 heavy (non-hydrogen) atoms. The van der Waals surface area contributed by atoms with Gasteiger partial charge >= 0.3 is 0 Å². The Morgan fingerprint density at radius 2 is 0.823 bits per heavy atom. The molecular weight excluding hydrogens is 1830 g/mol. The Kier molecular flexibility index (Phi) is 42.0. The molecule has 0 spiro atoms. The van der Waals surface area contributed by atoms with E-state index >= 15 is 0 Å². The molecule has 2 N–H and O–H groups in total. The number of hydrazine groups is 3. The quantitative estimate of drug-likeness (QED) is 0.0265. The van der Waals surface area contributed by atoms with Gasteiger partial charge in [-0.25, -0.2) is 35.0 Å². The number of ether oxygens (including phenoxy) is 2. The Bertz CT molecular complexity index is 5930. The highest BCUT2D eigenvalue weighted by atomic mass is 32.1. The van der Waals surface area contributed by atoms with Gasteiger partial charge in [-0.05, 0) is 211 Å². The van der Waals surface area contributed by atoms with Gasteiger partial charge < -0.3 is 34.4 Å². The number of methoxy groups -OCH3 is 2. The number of aryl methyl sites for hydroxylation is 5. The predicted octanol–water partition coefficient (Wildman–Crippen LogP) is 22.3. The fourth-order valence-corrected chi connectivity index (χ4v) is 21.3. The van der Waals surface area contributed by atoms with Crippen molar-refractivity contribution in [2.45, 2.75) is 267 Å². The lowest BCUT2D eigenvalue weighted by molar-refractivity contribution is -0.171. The molecule has 754 valence electrons. The molecule has 1 saturated heterocycles. The first-order valence-corrected chi connectivity index (χ1v) is 52.3. The zero-order valence-corrected chi connectivity index (χ0v) is 89.6. The van der Waals surface area contributed by atoms with Crippen molar-refractivity contribution in [2.24, 2.45) is 17.3 Å². The number of nitriles is 3. The number of anilines is 3. The average molecular weight is 1980 g/mol. The van der Waals surface area contributed by atoms with Gasteiger partial charge in [0.15, 0.2) is 15.4 Å². The summed E-state index contributed by atoms with van der Waals surface area (Å²) in [5.74, 6) is -2.90. The van der Waals surface area contributed by atoms with Crippen LogP contribution in [0.5, 0.6) is 11.5 Å². The van der Waals surface area contributed by atoms with E-state index in [1.165, 1.54) is 85.9 Å². The molecule has 0 saturated carbocycles. The highest BCUT2D eigenvalue weighted by molar-refractivity contribution is 7.17. The molecule has 3 aromatic heterocycles. The van der Waals surface area contributed by atoms with E-state index in [2.05, 4.69) is 109 Å². The molecule has 27 nitrogen and oxygen atoms in total. The first kappa shape index (κ1) is 113. The summed E-state index contributed by atoms with van der Waals surface area (Å²) in [6.07, 6.45) is 25.5. The zero-order valence-electron chi connectivity index (χ0n) is 87.2. The van der Waals surface area contributed by atoms with Crippen molar-refractivity contribution in [3.8, 4) is 63.5 Å². The Hall–Kier alpha value is -12.1. The van der Waals surface area contributed by atoms with Crippen molar-refractivity contribution < 1.29 is 58.0 Å². The van der Waals surface area contributed by atoms with Crippen LogP contribution < -0.4 is 24.2 Å². The molecule has 4 aliphatic rings. The molecule has 2 atom stereocenters. The summed E-state index contributed by atoms with van der Waals surface area (Å²) < 4.78 is 11.5. The van der Waals surface area contributed by atoms with E-state index in [0.717, 1.165) is 197 Å². The predicted molar refractivity (Wildman–Crippen MR) is 565 cm³/mol. The third kappa shape index (κ3) is 26.6. The number of hydrogen-bond acceptors (Lipinski definition) is 25. The van der Waals surface area contributed by atoms with Crippen molar-refractivity contribution >= 4 is 115 Å². The number of imide groups is 3. The molecule has 4 aromatic carbocycles. The second-order valence-corrected chi connectivity index (χ2v) is 40.9. The van der Waals surface area contributed by atoms with Gasteiger partial charge in [0.1, 0.15) is 46.4 Å². The number of carbonyl (C=O) groups is 8. The minimum Gasteiger partial charge on any atom is -0.496 e. The number of aliphatic hydroxyl groups is 2. The minimum atomic E-state index is -0.884. The number of aliphatic hydroxyl groups excluding tert-OH is 2. The second-order valence-electron chi connectivity index (χ2n) is 37.9. The van der Waals surface area contributed by atoms with Crippen molar-refractivity contribution in [1.29, 1.82) is 15.8 Å². The maximum Gasteiger partial charge on any atom is 0.290 e. The highest BCUT2D eigenvalue weighted by Crippen LogP contribution is 2.48. The van der Waals surface area contributed by atoms with Crippen LogP contribution in [0.25, 0.3) is 52.0 Å². The van der Waals surface area contributed by atoms with E-state index in [9.17, 15) is 64.4 Å². The number of piperidine rings is 1. The molecule has 2 unspecified atom stereocenters. The van der Waals surface area contributed by atoms with Crippen LogP contribution in [0.3, 0.4) is 0 Å². The number of aromatic nitrogens is 3. The summed E-state index contributed by atoms with van der Waals surface area (Å²) in [5, 5.41) is 59.9. The van der Waals surface area contributed by atoms with Crippen LogP contribution in [0.4, 0.5) is 15.4 Å². The first-order chi connectivity index (χ1) is 67.4. The van der Waals surface area contributed by atoms with E-state index in [0.29, 0.717) is 91.0 Å². The smallest absolute Gasteiger partial charge is 0.290 e. The number of unbranched alkanes of at least 4 members (excludes halogenated alkanes) is 6. The van der Waals surface area contributed by atoms with E-state index in [-0.39, 0.29) is 63.7 Å². The van der Waals surface area contributed by atoms with Gasteiger partial charge in [0, 0.05) is 111 Å². The minimum absolute atomic E-state index is 0.0375. The molecule has 1 fully saturated rings. The van der Waals surface area contributed by atoms with E-state index < -0.39 is 46.8 Å². The Labute approximate surface area is 847 Å². The molecule has 8 amide bonds. The second kappa shape index (κ2) is 52.6. The van der Waals surface area contributed by atoms with Crippen LogP contribution in [0, 0.1) is 85.9 Å². The number of hydrogen-bond donors (Lipinski definition) is 2. The number of amides is 8. The number of thiazole rings is 3. The molecule has 0 radical (unpaired) electrons. The van der Waals surface area contributed by atoms with Gasteiger partial charge in [0.2, 0.25) is 5.91 Å². The summed E-state index contributed by atoms with van der Waals surface area (Å²) in [6, 6.07) is 26.2. The monoisotopic (exact) mass is 1980 g/mol. The molecular formula is C111H145N15O12S3. The molecule has 0 aliphatic carbocycles. The van der Waals surface area contributed by atoms with Crippen molar-refractivity contribution in [1.82, 2.24) is 45.0 Å². The van der Waals surface area contributed by atoms with Gasteiger partial charge in [0.05, 0.1) is 59.1 Å². The average Bonchev–Trinajstić information content (AvgIpc) is 0.949. The third-order valence-corrected chi connectivity index (χ3v) is 29.4. The summed E-state index contributed by atoms with van der Waals surface area (Å²) in [4.78, 5) is 134. The number of rotatable bonds is 41. The van der Waals surface area contributed by atoms with Crippen LogP contribution in [0.15, 0.2) is 117 Å². The standard InChI is InChI=1S/C41H59N5O2S.C36H41N5O5S.C34H45N5O5S/c1-9-13-18-32(11-3)26-44(27-33(12-4)19-14-10-2)41-43-38(37-29(6)22-28(5)23-30(37)7)36(49-41)24-34-31(8)35(25-42)40(48)46(39(34)47)45-20-16-15-17-21-45;1-7-9-16-40(17-10-8-2)36-38-32(31-26(22-42)18-23(3)19-29(31)46-6)30(47-36)20-27-24(4)28(21-37)35(45)41(34(27)44)39(5)33(43)25-14-12-11-13-15-25;1-10-12-14-38(15-13-11-2)33-36-29(28-23(20-40)16-21(3)17-26(28)44-9)27(45-33)18-24-22(4)25(19-35)31(42)39(30(24)41)37(8)32(43)34(5,6)7/h22-24,32-33H,9-21,26-27H2,1-8H3;11-15,18-20,42H,7-10,16-17,22H2,1-6H3;16-18,40H,10-15,20H2,1-9H3/b34-24-;27-20-;24-18-. The number of carbonyl (C=O) groups excluding carboxylic acids is 8. The summed E-state index contributed by atoms with van der Waals surface area (Å²) in [6.45, 7) is 43.7. The van der Waals surface area contributed by atoms with E-state index in [4.69, 9.17) is 24.4 Å². The maximum atomic E-state index is 14.3. The summed E-state index contributed by atoms with van der Waals surface area (Å²) in [5.41, 5.74) is 11.1. The van der Waals surface area contributed by atoms with Crippen molar-refractivity contribution in [2.75, 3.05) is 95.4 Å². The molecule has 4 aliphatic heterocycles. The fraction of sp³-hybridized carbons (Fsp3) is 0.495. The molecule has 30 heteroatoms. The van der Waals surface area contributed by atoms with Gasteiger partial charge in [-0.3, -0.25) is 38.4 Å². The lowest BCUT2D eigenvalue weighted by Gasteiger charge is -2.38. The summed E-state index contributed by atoms with van der Waals surface area (Å²) >= 11 is 4.42. The third-order valence-electron chi connectivity index (χ3n) is 26.2. The van der Waals surface area contributed by atoms with Gasteiger partial charge in [0.25, 0.3) is 41.4 Å². The van der Waals surface area contributed by atoms with Crippen LogP contribution in [-0.2, 0) is 46.8 Å². The lowest BCUT2D eigenvalue weighted by atomic mass is 9.93. The normalized spacial score (nSPS) is 15.6.